The fourth-order valence-corrected chi connectivity index (χ4v) is 1.71. The number of pyridine rings is 1. The summed E-state index contributed by atoms with van der Waals surface area (Å²) in [4.78, 5) is 26.9. The number of aromatic carboxylic acids is 1. The maximum atomic E-state index is 11.9. The Bertz CT molecular complexity index is 626. The van der Waals surface area contributed by atoms with Gasteiger partial charge in [-0.15, -0.1) is 0 Å². The molecule has 2 N–H and O–H groups in total. The minimum Gasteiger partial charge on any atom is -0.478 e. The normalized spacial score (nSPS) is 9.95. The Balaban J connectivity index is 2.24. The van der Waals surface area contributed by atoms with E-state index < -0.39 is 11.9 Å². The smallest absolute Gasteiger partial charge is 0.337 e. The zero-order chi connectivity index (χ0) is 13.8. The topological polar surface area (TPSA) is 79.3 Å². The number of carbonyl (C=O) groups excluding carboxylic acids is 1. The number of anilines is 1. The average Bonchev–Trinajstić information content (AvgIpc) is 2.39. The van der Waals surface area contributed by atoms with Crippen LogP contribution < -0.4 is 5.32 Å². The largest absolute Gasteiger partial charge is 0.478 e. The molecule has 0 atom stereocenters. The monoisotopic (exact) mass is 320 g/mol. The average molecular weight is 321 g/mol. The second-order valence-electron chi connectivity index (χ2n) is 3.67. The number of amides is 1. The molecule has 0 unspecified atom stereocenters. The Labute approximate surface area is 117 Å². The number of carbonyl (C=O) groups is 2. The van der Waals surface area contributed by atoms with Crippen LogP contribution in [-0.4, -0.2) is 22.0 Å². The molecule has 0 saturated heterocycles. The van der Waals surface area contributed by atoms with Gasteiger partial charge in [-0.25, -0.2) is 9.78 Å². The Morgan fingerprint density at radius 1 is 1.16 bits per heavy atom. The molecule has 2 rings (SSSR count). The van der Waals surface area contributed by atoms with Gasteiger partial charge in [0.15, 0.2) is 0 Å². The number of nitrogens with one attached hydrogen (secondary N) is 1. The van der Waals surface area contributed by atoms with Crippen molar-refractivity contribution in [1.29, 1.82) is 0 Å². The number of nitrogens with zero attached hydrogens (tertiary/aromatic N) is 1. The highest BCUT2D eigenvalue weighted by Crippen LogP contribution is 2.16. The van der Waals surface area contributed by atoms with Crippen molar-refractivity contribution in [3.63, 3.8) is 0 Å². The van der Waals surface area contributed by atoms with Gasteiger partial charge in [-0.2, -0.15) is 0 Å². The van der Waals surface area contributed by atoms with Gasteiger partial charge in [-0.05, 0) is 40.2 Å². The van der Waals surface area contributed by atoms with E-state index in [9.17, 15) is 9.59 Å². The number of carboxylic acids is 1. The molecule has 0 aliphatic rings. The minimum atomic E-state index is -1.10. The van der Waals surface area contributed by atoms with E-state index in [0.717, 1.165) is 4.47 Å². The third kappa shape index (κ3) is 3.17. The second kappa shape index (κ2) is 5.62. The van der Waals surface area contributed by atoms with Crippen LogP contribution in [0.15, 0.2) is 47.1 Å². The maximum absolute atomic E-state index is 11.9. The predicted octanol–water partition coefficient (Wildman–Crippen LogP) is 2.79. The third-order valence-corrected chi connectivity index (χ3v) is 2.83. The summed E-state index contributed by atoms with van der Waals surface area (Å²) in [5.74, 6) is -1.55. The Morgan fingerprint density at radius 3 is 2.53 bits per heavy atom. The number of hydrogen-bond acceptors (Lipinski definition) is 3. The second-order valence-corrected chi connectivity index (χ2v) is 4.58. The number of carboxylic acid groups (broad SMARTS) is 1. The van der Waals surface area contributed by atoms with Gasteiger partial charge < -0.3 is 10.4 Å². The van der Waals surface area contributed by atoms with E-state index in [-0.39, 0.29) is 16.9 Å². The molecule has 5 nitrogen and oxygen atoms in total. The van der Waals surface area contributed by atoms with Gasteiger partial charge in [0, 0.05) is 10.7 Å². The van der Waals surface area contributed by atoms with Crippen LogP contribution in [0.1, 0.15) is 20.8 Å². The molecular weight excluding hydrogens is 312 g/mol. The molecule has 0 bridgehead atoms. The predicted molar refractivity (Wildman–Crippen MR) is 73.3 cm³/mol. The van der Waals surface area contributed by atoms with Gasteiger partial charge in [0.1, 0.15) is 5.69 Å². The quantitative estimate of drug-likeness (QED) is 0.911. The van der Waals surface area contributed by atoms with Crippen LogP contribution in [0.4, 0.5) is 5.69 Å². The lowest BCUT2D eigenvalue weighted by Gasteiger charge is -2.07. The molecule has 2 aromatic rings. The first-order valence-electron chi connectivity index (χ1n) is 5.33. The maximum Gasteiger partial charge on any atom is 0.337 e. The zero-order valence-electron chi connectivity index (χ0n) is 9.63. The van der Waals surface area contributed by atoms with Crippen molar-refractivity contribution >= 4 is 33.5 Å². The molecule has 0 aliphatic carbocycles. The Morgan fingerprint density at radius 2 is 1.89 bits per heavy atom. The molecule has 96 valence electrons. The van der Waals surface area contributed by atoms with Gasteiger partial charge in [0.2, 0.25) is 0 Å². The van der Waals surface area contributed by atoms with Crippen molar-refractivity contribution in [1.82, 2.24) is 4.98 Å². The summed E-state index contributed by atoms with van der Waals surface area (Å²) in [5, 5.41) is 11.5. The van der Waals surface area contributed by atoms with Crippen LogP contribution >= 0.6 is 15.9 Å². The van der Waals surface area contributed by atoms with E-state index in [1.165, 1.54) is 18.3 Å². The number of hydrogen-bond donors (Lipinski definition) is 2. The lowest BCUT2D eigenvalue weighted by Crippen LogP contribution is -2.15. The first-order chi connectivity index (χ1) is 9.08. The lowest BCUT2D eigenvalue weighted by atomic mass is 10.1. The summed E-state index contributed by atoms with van der Waals surface area (Å²) in [6.45, 7) is 0. The van der Waals surface area contributed by atoms with Gasteiger partial charge in [-0.1, -0.05) is 12.1 Å². The fourth-order valence-electron chi connectivity index (χ4n) is 1.48. The van der Waals surface area contributed by atoms with Crippen LogP contribution in [0, 0.1) is 0 Å². The van der Waals surface area contributed by atoms with Crippen molar-refractivity contribution in [2.45, 2.75) is 0 Å². The molecule has 0 saturated carbocycles. The van der Waals surface area contributed by atoms with Crippen LogP contribution in [0.2, 0.25) is 0 Å². The van der Waals surface area contributed by atoms with Crippen LogP contribution in [0.5, 0.6) is 0 Å². The van der Waals surface area contributed by atoms with E-state index in [2.05, 4.69) is 26.2 Å². The number of aromatic nitrogens is 1. The Kier molecular flexibility index (Phi) is 3.91. The standard InChI is InChI=1S/C13H9BrN2O3/c14-8-5-6-11(15-7-8)12(17)16-10-4-2-1-3-9(10)13(18)19/h1-7H,(H,16,17)(H,18,19). The van der Waals surface area contributed by atoms with Crippen LogP contribution in [0.3, 0.4) is 0 Å². The molecular formula is C13H9BrN2O3. The van der Waals surface area contributed by atoms with E-state index in [4.69, 9.17) is 5.11 Å². The van der Waals surface area contributed by atoms with E-state index in [1.54, 1.807) is 24.3 Å². The highest BCUT2D eigenvalue weighted by atomic mass is 79.9. The van der Waals surface area contributed by atoms with Gasteiger partial charge in [0.25, 0.3) is 5.91 Å². The van der Waals surface area contributed by atoms with Gasteiger partial charge >= 0.3 is 5.97 Å². The summed E-state index contributed by atoms with van der Waals surface area (Å²) in [5.41, 5.74) is 0.487. The van der Waals surface area contributed by atoms with Crippen molar-refractivity contribution < 1.29 is 14.7 Å². The number of benzene rings is 1. The lowest BCUT2D eigenvalue weighted by molar-refractivity contribution is 0.0698. The molecule has 1 heterocycles. The zero-order valence-corrected chi connectivity index (χ0v) is 11.2. The number of rotatable bonds is 3. The van der Waals surface area contributed by atoms with Crippen LogP contribution in [-0.2, 0) is 0 Å². The minimum absolute atomic E-state index is 0.0351. The Hall–Kier alpha value is -2.21. The summed E-state index contributed by atoms with van der Waals surface area (Å²) < 4.78 is 0.759. The van der Waals surface area contributed by atoms with E-state index >= 15 is 0 Å². The van der Waals surface area contributed by atoms with Gasteiger partial charge in [0.05, 0.1) is 11.3 Å². The molecule has 0 fully saturated rings. The molecule has 1 aromatic heterocycles. The van der Waals surface area contributed by atoms with Gasteiger partial charge in [-0.3, -0.25) is 4.79 Å². The number of halogens is 1. The first-order valence-corrected chi connectivity index (χ1v) is 6.12. The summed E-state index contributed by atoms with van der Waals surface area (Å²) >= 11 is 3.22. The summed E-state index contributed by atoms with van der Waals surface area (Å²) in [7, 11) is 0. The van der Waals surface area contributed by atoms with E-state index in [1.807, 2.05) is 0 Å². The molecule has 19 heavy (non-hydrogen) atoms. The first kappa shape index (κ1) is 13.2. The molecule has 6 heteroatoms. The number of para-hydroxylation sites is 1. The van der Waals surface area contributed by atoms with E-state index in [0.29, 0.717) is 0 Å². The third-order valence-electron chi connectivity index (χ3n) is 2.37. The highest BCUT2D eigenvalue weighted by molar-refractivity contribution is 9.10. The molecule has 1 amide bonds. The van der Waals surface area contributed by atoms with Crippen LogP contribution in [0.25, 0.3) is 0 Å². The van der Waals surface area contributed by atoms with Crippen molar-refractivity contribution in [2.24, 2.45) is 0 Å². The highest BCUT2D eigenvalue weighted by Gasteiger charge is 2.13. The summed E-state index contributed by atoms with van der Waals surface area (Å²) in [6, 6.07) is 9.43. The van der Waals surface area contributed by atoms with Crippen molar-refractivity contribution in [3.8, 4) is 0 Å². The fraction of sp³-hybridized carbons (Fsp3) is 0. The molecule has 0 spiro atoms. The molecule has 0 aliphatic heterocycles. The molecule has 0 radical (unpaired) electrons. The van der Waals surface area contributed by atoms with Crippen molar-refractivity contribution in [2.75, 3.05) is 5.32 Å². The molecule has 1 aromatic carbocycles. The SMILES string of the molecule is O=C(Nc1ccccc1C(=O)O)c1ccc(Br)cn1. The van der Waals surface area contributed by atoms with Crippen molar-refractivity contribution in [3.05, 3.63) is 58.3 Å². The summed E-state index contributed by atoms with van der Waals surface area (Å²) in [6.07, 6.45) is 1.50.